The summed E-state index contributed by atoms with van der Waals surface area (Å²) in [4.78, 5) is 25.6. The average Bonchev–Trinajstić information content (AvgIpc) is 3.34. The number of hydrogen-bond donors (Lipinski definition) is 0. The van der Waals surface area contributed by atoms with Crippen molar-refractivity contribution < 1.29 is 19.1 Å². The zero-order valence-electron chi connectivity index (χ0n) is 51.5. The molecule has 0 bridgehead atoms. The molecule has 0 N–H and O–H groups in total. The number of unbranched alkanes of at least 4 members (excludes halogenated alkanes) is 24. The molecule has 0 aromatic heterocycles. The van der Waals surface area contributed by atoms with Gasteiger partial charge in [-0.15, -0.1) is 0 Å². The smallest absolute Gasteiger partial charge is 0.306 e. The third-order valence-electron chi connectivity index (χ3n) is 15.8. The number of hydrogen-bond acceptors (Lipinski definition) is 4. The first-order chi connectivity index (χ1) is 36.5. The molecule has 0 aromatic carbocycles. The molecule has 0 fully saturated rings. The van der Waals surface area contributed by atoms with Gasteiger partial charge in [0.15, 0.2) is 0 Å². The molecule has 0 radical (unpaired) electrons. The maximum absolute atomic E-state index is 12.8. The molecule has 2 aliphatic rings. The Morgan fingerprint density at radius 1 is 0.408 bits per heavy atom. The molecule has 0 aliphatic heterocycles. The van der Waals surface area contributed by atoms with E-state index < -0.39 is 0 Å². The van der Waals surface area contributed by atoms with Gasteiger partial charge in [0.05, 0.1) is 0 Å². The van der Waals surface area contributed by atoms with Crippen LogP contribution >= 0.6 is 0 Å². The van der Waals surface area contributed by atoms with Crippen molar-refractivity contribution in [2.75, 3.05) is 0 Å². The Bertz CT molecular complexity index is 1850. The Labute approximate surface area is 470 Å². The molecule has 0 unspecified atom stereocenters. The quantitative estimate of drug-likeness (QED) is 0.0349. The fourth-order valence-corrected chi connectivity index (χ4v) is 11.3. The Morgan fingerprint density at radius 2 is 0.671 bits per heavy atom. The summed E-state index contributed by atoms with van der Waals surface area (Å²) in [6.07, 6.45) is 68.6. The Kier molecular flexibility index (Phi) is 36.9. The van der Waals surface area contributed by atoms with Crippen LogP contribution in [0.15, 0.2) is 130 Å². The number of allylic oxidation sites excluding steroid dienone is 20. The van der Waals surface area contributed by atoms with Crippen molar-refractivity contribution in [3.63, 3.8) is 0 Å². The van der Waals surface area contributed by atoms with Crippen LogP contribution in [0.25, 0.3) is 0 Å². The van der Waals surface area contributed by atoms with Crippen LogP contribution in [-0.4, -0.2) is 24.1 Å². The van der Waals surface area contributed by atoms with Gasteiger partial charge in [0.25, 0.3) is 0 Å². The Hall–Kier alpha value is -3.92. The Morgan fingerprint density at radius 3 is 0.961 bits per heavy atom. The van der Waals surface area contributed by atoms with E-state index in [1.807, 2.05) is 0 Å². The minimum atomic E-state index is -0.0573. The first-order valence-corrected chi connectivity index (χ1v) is 31.3. The van der Waals surface area contributed by atoms with Crippen molar-refractivity contribution in [3.05, 3.63) is 130 Å². The van der Waals surface area contributed by atoms with Gasteiger partial charge in [0.1, 0.15) is 12.2 Å². The number of ether oxygens (including phenoxy) is 2. The van der Waals surface area contributed by atoms with E-state index in [-0.39, 0.29) is 35.0 Å². The first-order valence-electron chi connectivity index (χ1n) is 31.3. The molecule has 2 rings (SSSR count). The lowest BCUT2D eigenvalue weighted by molar-refractivity contribution is -0.151. The molecule has 0 saturated carbocycles. The summed E-state index contributed by atoms with van der Waals surface area (Å²) in [6, 6.07) is 0. The highest BCUT2D eigenvalue weighted by molar-refractivity contribution is 5.70. The average molecular weight is 1050 g/mol. The highest BCUT2D eigenvalue weighted by Crippen LogP contribution is 2.43. The van der Waals surface area contributed by atoms with E-state index in [0.717, 1.165) is 51.4 Å². The van der Waals surface area contributed by atoms with Crippen LogP contribution in [0.5, 0.6) is 0 Å². The normalized spacial score (nSPS) is 19.0. The van der Waals surface area contributed by atoms with Crippen molar-refractivity contribution in [1.82, 2.24) is 0 Å². The number of rotatable bonds is 40. The molecule has 2 atom stereocenters. The molecule has 0 aromatic rings. The number of carbonyl (C=O) groups excluding carboxylic acids is 2. The van der Waals surface area contributed by atoms with E-state index in [9.17, 15) is 9.59 Å². The predicted molar refractivity (Wildman–Crippen MR) is 333 cm³/mol. The number of esters is 2. The van der Waals surface area contributed by atoms with E-state index in [0.29, 0.717) is 12.8 Å². The van der Waals surface area contributed by atoms with E-state index in [2.05, 4.69) is 168 Å². The van der Waals surface area contributed by atoms with Crippen molar-refractivity contribution in [2.24, 2.45) is 10.8 Å². The summed E-state index contributed by atoms with van der Waals surface area (Å²) in [5.74, 6) is -0.0504. The molecule has 0 heterocycles. The van der Waals surface area contributed by atoms with Crippen LogP contribution in [0.1, 0.15) is 289 Å². The lowest BCUT2D eigenvalue weighted by Crippen LogP contribution is -2.31. The van der Waals surface area contributed by atoms with Crippen molar-refractivity contribution in [1.29, 1.82) is 0 Å². The second-order valence-corrected chi connectivity index (χ2v) is 24.6. The van der Waals surface area contributed by atoms with E-state index in [1.165, 1.54) is 186 Å². The highest BCUT2D eigenvalue weighted by Gasteiger charge is 2.35. The van der Waals surface area contributed by atoms with E-state index >= 15 is 0 Å². The van der Waals surface area contributed by atoms with Crippen LogP contribution in [-0.2, 0) is 19.1 Å². The lowest BCUT2D eigenvalue weighted by Gasteiger charge is -2.37. The summed E-state index contributed by atoms with van der Waals surface area (Å²) in [7, 11) is 0. The van der Waals surface area contributed by atoms with Crippen LogP contribution in [0, 0.1) is 10.8 Å². The zero-order valence-corrected chi connectivity index (χ0v) is 51.5. The standard InChI is InChI=1S/C72H116O4/c1-13-15-17-19-21-23-25-27-29-31-33-35-37-49-69(73)75-65-55-63(7)67(71(9,10)57-65)53-51-61(5)47-41-45-59(3)43-39-40-44-60(4)46-42-48-62(6)52-54-68-64(8)56-66(58-72(68,11)12)76-70(74)50-38-36-34-32-30-28-26-24-22-20-18-16-14-2/h39-48,51-54,65-66H,13-38,49-50,55-58H2,1-12H3/b40-39+,45-41+,46-42+,53-51+,54-52+,59-43+,60-44+,61-47+,62-48+/t65-,66-/m0/s1. The van der Waals surface area contributed by atoms with Gasteiger partial charge in [-0.05, 0) is 89.2 Å². The molecule has 0 spiro atoms. The van der Waals surface area contributed by atoms with Gasteiger partial charge in [-0.3, -0.25) is 9.59 Å². The molecular formula is C72H116O4. The van der Waals surface area contributed by atoms with Crippen molar-refractivity contribution in [3.8, 4) is 0 Å². The molecule has 0 amide bonds. The zero-order chi connectivity index (χ0) is 55.9. The summed E-state index contributed by atoms with van der Waals surface area (Å²) >= 11 is 0. The fraction of sp³-hybridized carbons (Fsp3) is 0.667. The van der Waals surface area contributed by atoms with Gasteiger partial charge in [0.2, 0.25) is 0 Å². The van der Waals surface area contributed by atoms with Crippen LogP contribution in [0.2, 0.25) is 0 Å². The lowest BCUT2D eigenvalue weighted by atomic mass is 9.71. The Balaban J connectivity index is 1.73. The molecule has 428 valence electrons. The predicted octanol–water partition coefficient (Wildman–Crippen LogP) is 22.6. The van der Waals surface area contributed by atoms with Crippen LogP contribution in [0.3, 0.4) is 0 Å². The van der Waals surface area contributed by atoms with Gasteiger partial charge in [0, 0.05) is 25.7 Å². The van der Waals surface area contributed by atoms with Crippen LogP contribution < -0.4 is 0 Å². The van der Waals surface area contributed by atoms with Gasteiger partial charge in [-0.25, -0.2) is 0 Å². The van der Waals surface area contributed by atoms with Gasteiger partial charge in [-0.1, -0.05) is 314 Å². The van der Waals surface area contributed by atoms with Crippen molar-refractivity contribution in [2.45, 2.75) is 301 Å². The topological polar surface area (TPSA) is 52.6 Å². The molecule has 0 saturated heterocycles. The van der Waals surface area contributed by atoms with E-state index in [4.69, 9.17) is 9.47 Å². The summed E-state index contributed by atoms with van der Waals surface area (Å²) in [5, 5.41) is 0. The monoisotopic (exact) mass is 1040 g/mol. The minimum absolute atomic E-state index is 0.0252. The van der Waals surface area contributed by atoms with Gasteiger partial charge < -0.3 is 9.47 Å². The van der Waals surface area contributed by atoms with Crippen molar-refractivity contribution >= 4 is 11.9 Å². The largest absolute Gasteiger partial charge is 0.462 e. The number of carbonyl (C=O) groups is 2. The second kappa shape index (κ2) is 41.2. The summed E-state index contributed by atoms with van der Waals surface area (Å²) < 4.78 is 12.1. The summed E-state index contributed by atoms with van der Waals surface area (Å²) in [6.45, 7) is 26.6. The first kappa shape index (κ1) is 68.2. The minimum Gasteiger partial charge on any atom is -0.462 e. The van der Waals surface area contributed by atoms with Gasteiger partial charge in [-0.2, -0.15) is 0 Å². The third kappa shape index (κ3) is 32.7. The molecule has 76 heavy (non-hydrogen) atoms. The fourth-order valence-electron chi connectivity index (χ4n) is 11.3. The molecule has 4 nitrogen and oxygen atoms in total. The highest BCUT2D eigenvalue weighted by atomic mass is 16.5. The molecule has 2 aliphatic carbocycles. The second-order valence-electron chi connectivity index (χ2n) is 24.6. The van der Waals surface area contributed by atoms with Crippen LogP contribution in [0.4, 0.5) is 0 Å². The third-order valence-corrected chi connectivity index (χ3v) is 15.8. The maximum Gasteiger partial charge on any atom is 0.306 e. The maximum atomic E-state index is 12.8. The van der Waals surface area contributed by atoms with Gasteiger partial charge >= 0.3 is 11.9 Å². The summed E-state index contributed by atoms with van der Waals surface area (Å²) in [5.41, 5.74) is 9.98. The SMILES string of the molecule is CCCCCCCCCCCCCCCC(=O)O[C@H]1CC(C)=C(/C=C/C(C)=C/C=C/C(C)=C/C=C/C=C(C)/C=C/C=C(C)/C=C/C2=C(C)C[C@H](OC(=O)CCCCCCCCCCCCCCC)CC2(C)C)C(C)(C)C1. The van der Waals surface area contributed by atoms with E-state index in [1.54, 1.807) is 0 Å². The molecule has 4 heteroatoms. The molecular weight excluding hydrogens is 929 g/mol.